The van der Waals surface area contributed by atoms with Crippen molar-refractivity contribution in [2.75, 3.05) is 20.3 Å². The predicted octanol–water partition coefficient (Wildman–Crippen LogP) is 18.3. The predicted molar refractivity (Wildman–Crippen MR) is 278 cm³/mol. The molecule has 0 saturated carbocycles. The average molecular weight is 871 g/mol. The lowest BCUT2D eigenvalue weighted by atomic mass is 9.64. The molecule has 0 spiro atoms. The quantitative estimate of drug-likeness (QED) is 0.0461. The lowest BCUT2D eigenvalue weighted by Crippen LogP contribution is -2.30. The number of aryl methyl sites for hydroxylation is 4. The maximum absolute atomic E-state index is 5.63. The fourth-order valence-electron chi connectivity index (χ4n) is 9.37. The van der Waals surface area contributed by atoms with E-state index in [2.05, 4.69) is 147 Å². The number of methoxy groups -OCH3 is 1. The second kappa shape index (κ2) is 37.6. The van der Waals surface area contributed by atoms with Crippen molar-refractivity contribution >= 4 is 0 Å². The molecule has 3 rings (SSSR count). The molecule has 1 heterocycles. The number of hydrogen-bond donors (Lipinski definition) is 0. The molecule has 2 aromatic carbocycles. The highest BCUT2D eigenvalue weighted by Crippen LogP contribution is 2.47. The summed E-state index contributed by atoms with van der Waals surface area (Å²) in [5.41, 5.74) is 6.20. The summed E-state index contributed by atoms with van der Waals surface area (Å²) in [7, 11) is 3.79. The molecule has 0 saturated heterocycles. The van der Waals surface area contributed by atoms with Crippen molar-refractivity contribution in [3.63, 3.8) is 0 Å². The molecule has 0 aliphatic heterocycles. The van der Waals surface area contributed by atoms with Crippen molar-refractivity contribution in [1.29, 1.82) is 0 Å². The maximum Gasteiger partial charge on any atom is 0.171 e. The minimum Gasteiger partial charge on any atom is -0.491 e. The van der Waals surface area contributed by atoms with Gasteiger partial charge in [-0.3, -0.25) is 0 Å². The molecular formula is C60H104NO2+. The summed E-state index contributed by atoms with van der Waals surface area (Å²) >= 11 is 0. The molecule has 0 amide bonds. The number of hydrogen-bond acceptors (Lipinski definition) is 2. The van der Waals surface area contributed by atoms with E-state index in [1.54, 1.807) is 7.11 Å². The van der Waals surface area contributed by atoms with Gasteiger partial charge in [-0.15, -0.1) is 0 Å². The highest BCUT2D eigenvalue weighted by atomic mass is 16.5. The summed E-state index contributed by atoms with van der Waals surface area (Å²) < 4.78 is 12.8. The Labute approximate surface area is 393 Å². The van der Waals surface area contributed by atoms with Crippen LogP contribution in [0.1, 0.15) is 244 Å². The normalized spacial score (nSPS) is 11.6. The van der Waals surface area contributed by atoms with E-state index in [-0.39, 0.29) is 10.8 Å². The van der Waals surface area contributed by atoms with Crippen LogP contribution in [-0.2, 0) is 24.6 Å². The Morgan fingerprint density at radius 2 is 0.873 bits per heavy atom. The van der Waals surface area contributed by atoms with Gasteiger partial charge >= 0.3 is 0 Å². The van der Waals surface area contributed by atoms with Crippen LogP contribution < -0.4 is 9.30 Å². The molecule has 1 aromatic heterocycles. The summed E-state index contributed by atoms with van der Waals surface area (Å²) in [6.07, 6.45) is 42.7. The van der Waals surface area contributed by atoms with Crippen LogP contribution in [0.25, 0.3) is 0 Å². The Balaban J connectivity index is 0.000000476. The highest BCUT2D eigenvalue weighted by Gasteiger charge is 2.35. The van der Waals surface area contributed by atoms with E-state index in [0.717, 1.165) is 5.75 Å². The van der Waals surface area contributed by atoms with Crippen LogP contribution in [0, 0.1) is 17.8 Å². The molecule has 0 aliphatic carbocycles. The van der Waals surface area contributed by atoms with Crippen molar-refractivity contribution in [3.8, 4) is 5.75 Å². The van der Waals surface area contributed by atoms with E-state index in [9.17, 15) is 0 Å². The zero-order valence-corrected chi connectivity index (χ0v) is 43.8. The minimum atomic E-state index is 0.233. The van der Waals surface area contributed by atoms with Gasteiger partial charge in [-0.05, 0) is 78.7 Å². The van der Waals surface area contributed by atoms with E-state index in [0.29, 0.717) is 19.1 Å². The van der Waals surface area contributed by atoms with Crippen LogP contribution in [-0.4, -0.2) is 20.3 Å². The number of aromatic nitrogens is 1. The number of unbranched alkanes of at least 4 members (excludes halogenated alkanes) is 23. The second-order valence-electron chi connectivity index (χ2n) is 21.1. The molecule has 0 aliphatic rings. The van der Waals surface area contributed by atoms with Gasteiger partial charge in [0.2, 0.25) is 0 Å². The van der Waals surface area contributed by atoms with Gasteiger partial charge in [-0.1, -0.05) is 245 Å². The third-order valence-corrected chi connectivity index (χ3v) is 12.5. The van der Waals surface area contributed by atoms with Crippen LogP contribution in [0.15, 0.2) is 73.1 Å². The van der Waals surface area contributed by atoms with Gasteiger partial charge in [-0.25, -0.2) is 4.57 Å². The van der Waals surface area contributed by atoms with Crippen molar-refractivity contribution in [2.45, 2.75) is 242 Å². The summed E-state index contributed by atoms with van der Waals surface area (Å²) in [5.74, 6) is 1.41. The topological polar surface area (TPSA) is 22.3 Å². The Hall–Kier alpha value is -2.65. The van der Waals surface area contributed by atoms with Crippen molar-refractivity contribution < 1.29 is 14.0 Å². The first-order valence-electron chi connectivity index (χ1n) is 26.5. The lowest BCUT2D eigenvalue weighted by molar-refractivity contribution is -0.671. The fourth-order valence-corrected chi connectivity index (χ4v) is 9.37. The van der Waals surface area contributed by atoms with E-state index in [4.69, 9.17) is 9.47 Å². The molecule has 0 radical (unpaired) electrons. The summed E-state index contributed by atoms with van der Waals surface area (Å²) in [4.78, 5) is 0. The van der Waals surface area contributed by atoms with E-state index in [1.807, 2.05) is 0 Å². The first kappa shape index (κ1) is 58.4. The van der Waals surface area contributed by atoms with Crippen LogP contribution in [0.4, 0.5) is 0 Å². The van der Waals surface area contributed by atoms with Crippen LogP contribution >= 0.6 is 0 Å². The van der Waals surface area contributed by atoms with Gasteiger partial charge in [-0.2, -0.15) is 0 Å². The van der Waals surface area contributed by atoms with Crippen LogP contribution in [0.5, 0.6) is 5.75 Å². The Morgan fingerprint density at radius 3 is 1.25 bits per heavy atom. The minimum absolute atomic E-state index is 0.233. The van der Waals surface area contributed by atoms with E-state index < -0.39 is 0 Å². The van der Waals surface area contributed by atoms with Gasteiger partial charge < -0.3 is 9.47 Å². The molecule has 0 N–H and O–H groups in total. The molecule has 0 atom stereocenters. The fraction of sp³-hybridized carbons (Fsp3) is 0.717. The molecule has 3 heteroatoms. The van der Waals surface area contributed by atoms with Gasteiger partial charge in [0.15, 0.2) is 12.4 Å². The molecule has 0 bridgehead atoms. The molecule has 360 valence electrons. The van der Waals surface area contributed by atoms with Gasteiger partial charge in [0, 0.05) is 18.7 Å². The van der Waals surface area contributed by atoms with E-state index in [1.165, 1.54) is 196 Å². The number of ether oxygens (including phenoxy) is 2. The first-order chi connectivity index (χ1) is 30.3. The molecule has 3 nitrogen and oxygen atoms in total. The van der Waals surface area contributed by atoms with Gasteiger partial charge in [0.05, 0.1) is 6.61 Å². The second-order valence-corrected chi connectivity index (χ2v) is 21.1. The highest BCUT2D eigenvalue weighted by molar-refractivity contribution is 5.31. The smallest absolute Gasteiger partial charge is 0.171 e. The maximum atomic E-state index is 5.63. The summed E-state index contributed by atoms with van der Waals surface area (Å²) in [6, 6.07) is 21.9. The van der Waals surface area contributed by atoms with Gasteiger partial charge in [0.25, 0.3) is 0 Å². The lowest BCUT2D eigenvalue weighted by Gasteiger charge is -2.41. The number of benzene rings is 2. The monoisotopic (exact) mass is 871 g/mol. The van der Waals surface area contributed by atoms with Crippen LogP contribution in [0.3, 0.4) is 0 Å². The Bertz CT molecular complexity index is 1420. The molecular weight excluding hydrogens is 767 g/mol. The summed E-state index contributed by atoms with van der Waals surface area (Å²) in [5, 5.41) is 0. The third kappa shape index (κ3) is 32.6. The molecule has 0 fully saturated rings. The van der Waals surface area contributed by atoms with Crippen LogP contribution in [0.2, 0.25) is 0 Å². The Morgan fingerprint density at radius 1 is 0.476 bits per heavy atom. The average Bonchev–Trinajstić information content (AvgIpc) is 3.24. The third-order valence-electron chi connectivity index (χ3n) is 12.5. The Kier molecular flexibility index (Phi) is 34.8. The molecule has 0 unspecified atom stereocenters. The molecule has 3 aromatic rings. The number of rotatable bonds is 32. The zero-order chi connectivity index (χ0) is 46.4. The van der Waals surface area contributed by atoms with Crippen molar-refractivity contribution in [1.82, 2.24) is 0 Å². The number of pyridine rings is 1. The largest absolute Gasteiger partial charge is 0.491 e. The first-order valence-corrected chi connectivity index (χ1v) is 26.5. The summed E-state index contributed by atoms with van der Waals surface area (Å²) in [6.45, 7) is 21.8. The molecule has 63 heavy (non-hydrogen) atoms. The zero-order valence-electron chi connectivity index (χ0n) is 43.8. The van der Waals surface area contributed by atoms with Crippen molar-refractivity contribution in [3.05, 3.63) is 95.3 Å². The van der Waals surface area contributed by atoms with Gasteiger partial charge in [0.1, 0.15) is 19.4 Å². The van der Waals surface area contributed by atoms with E-state index >= 15 is 0 Å². The van der Waals surface area contributed by atoms with Crippen molar-refractivity contribution in [2.24, 2.45) is 17.9 Å². The SMILES string of the molecule is CCCCCCCCCCCCCCCCCc1ccc[n+](C)c1.CCCCCCCCCCCCc1ccc(C)cc1.COCCOc1ccc(C(C(C)(C)C)C(C)(C)C)cc1. The standard InChI is InChI=1S/C23H42N.C19H32.C18H30O2/c1-3-4-5-6-7-8-9-10-11-12-13-14-15-16-17-19-23-20-18-21-24(2)22-23;1-3-4-5-6-7-8-9-10-11-12-13-19-16-14-18(2)15-17-19;1-17(2,3)16(18(4,5)6)14-8-10-15(11-9-14)20-13-12-19-7/h18,20-22H,3-17,19H2,1-2H3;14-17H,3-13H2,1-2H3;8-11,16H,12-13H2,1-7H3/q+1;;. The number of nitrogens with zero attached hydrogens (tertiary/aromatic N) is 1.